The van der Waals surface area contributed by atoms with Gasteiger partial charge in [0.1, 0.15) is 24.3 Å². The van der Waals surface area contributed by atoms with Gasteiger partial charge in [-0.1, -0.05) is 12.1 Å². The van der Waals surface area contributed by atoms with Gasteiger partial charge in [0.25, 0.3) is 0 Å². The fraction of sp³-hybridized carbons (Fsp3) is 0.167. The van der Waals surface area contributed by atoms with Crippen LogP contribution in [0.15, 0.2) is 41.8 Å². The third-order valence-electron chi connectivity index (χ3n) is 2.08. The molecule has 0 saturated carbocycles. The number of rotatable bonds is 4. The summed E-state index contributed by atoms with van der Waals surface area (Å²) in [6.45, 7) is 0.129. The van der Waals surface area contributed by atoms with Crippen molar-refractivity contribution in [1.29, 1.82) is 0 Å². The minimum atomic E-state index is -0.664. The minimum absolute atomic E-state index is 0.129. The zero-order valence-corrected chi connectivity index (χ0v) is 9.28. The van der Waals surface area contributed by atoms with Crippen molar-refractivity contribution < 1.29 is 14.2 Å². The number of benzene rings is 1. The van der Waals surface area contributed by atoms with E-state index in [9.17, 15) is 9.50 Å². The first kappa shape index (κ1) is 11.1. The van der Waals surface area contributed by atoms with Crippen LogP contribution in [-0.4, -0.2) is 11.7 Å². The molecule has 0 spiro atoms. The van der Waals surface area contributed by atoms with Crippen molar-refractivity contribution in [2.45, 2.75) is 6.10 Å². The second-order valence-corrected chi connectivity index (χ2v) is 4.28. The van der Waals surface area contributed by atoms with Crippen molar-refractivity contribution in [3.05, 3.63) is 52.5 Å². The molecule has 1 unspecified atom stereocenters. The van der Waals surface area contributed by atoms with Crippen LogP contribution in [0.2, 0.25) is 0 Å². The van der Waals surface area contributed by atoms with E-state index in [1.807, 2.05) is 17.5 Å². The SMILES string of the molecule is OC(COc1cccc(F)c1)c1cccs1. The molecule has 1 aromatic carbocycles. The first-order valence-corrected chi connectivity index (χ1v) is 5.73. The van der Waals surface area contributed by atoms with Gasteiger partial charge in [0.2, 0.25) is 0 Å². The van der Waals surface area contributed by atoms with E-state index in [1.165, 1.54) is 23.5 Å². The number of thiophene rings is 1. The lowest BCUT2D eigenvalue weighted by molar-refractivity contribution is 0.111. The van der Waals surface area contributed by atoms with Crippen molar-refractivity contribution in [1.82, 2.24) is 0 Å². The summed E-state index contributed by atoms with van der Waals surface area (Å²) in [5.41, 5.74) is 0. The van der Waals surface area contributed by atoms with Gasteiger partial charge < -0.3 is 9.84 Å². The highest BCUT2D eigenvalue weighted by molar-refractivity contribution is 7.10. The molecule has 2 rings (SSSR count). The highest BCUT2D eigenvalue weighted by Gasteiger charge is 2.09. The monoisotopic (exact) mass is 238 g/mol. The van der Waals surface area contributed by atoms with E-state index in [-0.39, 0.29) is 12.4 Å². The molecular weight excluding hydrogens is 227 g/mol. The van der Waals surface area contributed by atoms with Crippen molar-refractivity contribution in [2.75, 3.05) is 6.61 Å². The Labute approximate surface area is 96.9 Å². The molecule has 1 aromatic heterocycles. The molecule has 0 aliphatic rings. The van der Waals surface area contributed by atoms with Crippen molar-refractivity contribution in [3.63, 3.8) is 0 Å². The maximum Gasteiger partial charge on any atom is 0.126 e. The van der Waals surface area contributed by atoms with Gasteiger partial charge in [-0.05, 0) is 23.6 Å². The molecule has 0 aliphatic carbocycles. The standard InChI is InChI=1S/C12H11FO2S/c13-9-3-1-4-10(7-9)15-8-11(14)12-5-2-6-16-12/h1-7,11,14H,8H2. The average molecular weight is 238 g/mol. The Morgan fingerprint density at radius 1 is 1.31 bits per heavy atom. The molecule has 0 saturated heterocycles. The van der Waals surface area contributed by atoms with E-state index in [0.717, 1.165) is 4.88 Å². The van der Waals surface area contributed by atoms with Gasteiger partial charge >= 0.3 is 0 Å². The van der Waals surface area contributed by atoms with Crippen LogP contribution in [0.3, 0.4) is 0 Å². The van der Waals surface area contributed by atoms with Crippen molar-refractivity contribution in [2.24, 2.45) is 0 Å². The van der Waals surface area contributed by atoms with Crippen LogP contribution in [0, 0.1) is 5.82 Å². The second-order valence-electron chi connectivity index (χ2n) is 3.30. The molecule has 0 aliphatic heterocycles. The van der Waals surface area contributed by atoms with Crippen LogP contribution in [0.4, 0.5) is 4.39 Å². The Morgan fingerprint density at radius 3 is 2.88 bits per heavy atom. The lowest BCUT2D eigenvalue weighted by atomic mass is 10.3. The summed E-state index contributed by atoms with van der Waals surface area (Å²) in [6, 6.07) is 9.58. The first-order valence-electron chi connectivity index (χ1n) is 4.85. The molecule has 84 valence electrons. The predicted octanol–water partition coefficient (Wildman–Crippen LogP) is 3.00. The number of aliphatic hydroxyl groups excluding tert-OH is 1. The molecule has 0 radical (unpaired) electrons. The highest BCUT2D eigenvalue weighted by atomic mass is 32.1. The minimum Gasteiger partial charge on any atom is -0.490 e. The molecule has 2 nitrogen and oxygen atoms in total. The topological polar surface area (TPSA) is 29.5 Å². The number of halogens is 1. The van der Waals surface area contributed by atoms with Gasteiger partial charge in [-0.2, -0.15) is 0 Å². The van der Waals surface area contributed by atoms with Gasteiger partial charge in [0, 0.05) is 10.9 Å². The lowest BCUT2D eigenvalue weighted by Gasteiger charge is -2.10. The fourth-order valence-corrected chi connectivity index (χ4v) is 1.99. The van der Waals surface area contributed by atoms with Crippen LogP contribution < -0.4 is 4.74 Å². The molecule has 0 amide bonds. The Hall–Kier alpha value is -1.39. The second kappa shape index (κ2) is 5.09. The summed E-state index contributed by atoms with van der Waals surface area (Å²) >= 11 is 1.47. The third-order valence-corrected chi connectivity index (χ3v) is 3.05. The van der Waals surface area contributed by atoms with E-state index in [1.54, 1.807) is 12.1 Å². The summed E-state index contributed by atoms with van der Waals surface area (Å²) in [4.78, 5) is 0.844. The van der Waals surface area contributed by atoms with E-state index in [4.69, 9.17) is 4.74 Å². The van der Waals surface area contributed by atoms with Crippen LogP contribution in [-0.2, 0) is 0 Å². The van der Waals surface area contributed by atoms with Crippen LogP contribution in [0.25, 0.3) is 0 Å². The van der Waals surface area contributed by atoms with Gasteiger partial charge in [0.05, 0.1) is 0 Å². The molecule has 16 heavy (non-hydrogen) atoms. The number of aliphatic hydroxyl groups is 1. The zero-order chi connectivity index (χ0) is 11.4. The van der Waals surface area contributed by atoms with Gasteiger partial charge in [-0.15, -0.1) is 11.3 Å². The maximum absolute atomic E-state index is 12.8. The van der Waals surface area contributed by atoms with Crippen LogP contribution in [0.1, 0.15) is 11.0 Å². The first-order chi connectivity index (χ1) is 7.75. The molecule has 1 heterocycles. The predicted molar refractivity (Wildman–Crippen MR) is 61.2 cm³/mol. The summed E-state index contributed by atoms with van der Waals surface area (Å²) in [5, 5.41) is 11.6. The van der Waals surface area contributed by atoms with Crippen molar-refractivity contribution >= 4 is 11.3 Å². The molecule has 1 N–H and O–H groups in total. The average Bonchev–Trinajstić information content (AvgIpc) is 2.79. The number of ether oxygens (including phenoxy) is 1. The lowest BCUT2D eigenvalue weighted by Crippen LogP contribution is -2.08. The van der Waals surface area contributed by atoms with Gasteiger partial charge in [-0.25, -0.2) is 4.39 Å². The van der Waals surface area contributed by atoms with Crippen molar-refractivity contribution in [3.8, 4) is 5.75 Å². The molecule has 1 atom stereocenters. The highest BCUT2D eigenvalue weighted by Crippen LogP contribution is 2.20. The van der Waals surface area contributed by atoms with Crippen LogP contribution in [0.5, 0.6) is 5.75 Å². The molecule has 0 fully saturated rings. The Morgan fingerprint density at radius 2 is 2.19 bits per heavy atom. The van der Waals surface area contributed by atoms with E-state index in [0.29, 0.717) is 5.75 Å². The fourth-order valence-electron chi connectivity index (χ4n) is 1.29. The summed E-state index contributed by atoms with van der Waals surface area (Å²) in [6.07, 6.45) is -0.664. The normalized spacial score (nSPS) is 12.4. The summed E-state index contributed by atoms with van der Waals surface area (Å²) < 4.78 is 18.1. The Balaban J connectivity index is 1.92. The largest absolute Gasteiger partial charge is 0.490 e. The summed E-state index contributed by atoms with van der Waals surface area (Å²) in [7, 11) is 0. The van der Waals surface area contributed by atoms with Gasteiger partial charge in [0.15, 0.2) is 0 Å². The Bertz CT molecular complexity index is 442. The Kier molecular flexibility index (Phi) is 3.54. The number of hydrogen-bond acceptors (Lipinski definition) is 3. The summed E-state index contributed by atoms with van der Waals surface area (Å²) in [5.74, 6) is 0.0821. The molecular formula is C12H11FO2S. The zero-order valence-electron chi connectivity index (χ0n) is 8.47. The van der Waals surface area contributed by atoms with Crippen LogP contribution >= 0.6 is 11.3 Å². The maximum atomic E-state index is 12.8. The third kappa shape index (κ3) is 2.81. The molecule has 4 heteroatoms. The molecule has 2 aromatic rings. The quantitative estimate of drug-likeness (QED) is 0.887. The number of hydrogen-bond donors (Lipinski definition) is 1. The van der Waals surface area contributed by atoms with Gasteiger partial charge in [-0.3, -0.25) is 0 Å². The van der Waals surface area contributed by atoms with E-state index >= 15 is 0 Å². The van der Waals surface area contributed by atoms with E-state index in [2.05, 4.69) is 0 Å². The smallest absolute Gasteiger partial charge is 0.126 e. The van der Waals surface area contributed by atoms with E-state index < -0.39 is 6.10 Å². The molecule has 0 bridgehead atoms.